The van der Waals surface area contributed by atoms with Crippen LogP contribution in [0.4, 0.5) is 5.82 Å². The summed E-state index contributed by atoms with van der Waals surface area (Å²) in [6, 6.07) is 0. The Morgan fingerprint density at radius 1 is 1.35 bits per heavy atom. The third-order valence-electron chi connectivity index (χ3n) is 3.19. The van der Waals surface area contributed by atoms with Crippen LogP contribution in [0.15, 0.2) is 0 Å². The highest BCUT2D eigenvalue weighted by Crippen LogP contribution is 2.31. The lowest BCUT2D eigenvalue weighted by Crippen LogP contribution is -2.41. The number of rotatable bonds is 2. The molecule has 96 valence electrons. The summed E-state index contributed by atoms with van der Waals surface area (Å²) in [6.45, 7) is 8.61. The minimum atomic E-state index is 0.0708. The van der Waals surface area contributed by atoms with Crippen molar-refractivity contribution in [3.63, 3.8) is 0 Å². The Bertz CT molecular complexity index is 395. The van der Waals surface area contributed by atoms with Crippen molar-refractivity contribution in [3.05, 3.63) is 11.3 Å². The summed E-state index contributed by atoms with van der Waals surface area (Å²) in [4.78, 5) is 2.36. The molecule has 1 aromatic heterocycles. The minimum Gasteiger partial charge on any atom is -0.391 e. The first-order chi connectivity index (χ1) is 8.02. The van der Waals surface area contributed by atoms with E-state index in [1.165, 1.54) is 0 Å². The molecule has 1 fully saturated rings. The van der Waals surface area contributed by atoms with E-state index in [4.69, 9.17) is 0 Å². The quantitative estimate of drug-likeness (QED) is 0.870. The zero-order chi connectivity index (χ0) is 12.6. The molecule has 1 saturated heterocycles. The summed E-state index contributed by atoms with van der Waals surface area (Å²) >= 11 is 2.03. The molecular formula is C12H21N3OS. The van der Waals surface area contributed by atoms with Gasteiger partial charge in [0.1, 0.15) is 5.82 Å². The molecule has 0 spiro atoms. The van der Waals surface area contributed by atoms with Gasteiger partial charge in [-0.1, -0.05) is 13.8 Å². The SMILES string of the molecule is Cc1nn(C)c(N2CC(C)SC(C)C2)c1CO. The highest BCUT2D eigenvalue weighted by atomic mass is 32.2. The van der Waals surface area contributed by atoms with Gasteiger partial charge in [-0.05, 0) is 6.92 Å². The van der Waals surface area contributed by atoms with E-state index >= 15 is 0 Å². The first-order valence-electron chi connectivity index (χ1n) is 6.06. The van der Waals surface area contributed by atoms with E-state index in [-0.39, 0.29) is 6.61 Å². The van der Waals surface area contributed by atoms with Crippen LogP contribution >= 0.6 is 11.8 Å². The predicted octanol–water partition coefficient (Wildman–Crippen LogP) is 1.55. The van der Waals surface area contributed by atoms with Crippen molar-refractivity contribution < 1.29 is 5.11 Å². The highest BCUT2D eigenvalue weighted by Gasteiger charge is 2.26. The zero-order valence-electron chi connectivity index (χ0n) is 11.0. The Hall–Kier alpha value is -0.680. The van der Waals surface area contributed by atoms with Crippen molar-refractivity contribution in [2.24, 2.45) is 7.05 Å². The van der Waals surface area contributed by atoms with Crippen molar-refractivity contribution in [2.75, 3.05) is 18.0 Å². The van der Waals surface area contributed by atoms with Gasteiger partial charge >= 0.3 is 0 Å². The van der Waals surface area contributed by atoms with Crippen LogP contribution < -0.4 is 4.90 Å². The molecule has 0 bridgehead atoms. The topological polar surface area (TPSA) is 41.3 Å². The van der Waals surface area contributed by atoms with Crippen molar-refractivity contribution in [1.82, 2.24) is 9.78 Å². The summed E-state index contributed by atoms with van der Waals surface area (Å²) in [5, 5.41) is 15.2. The monoisotopic (exact) mass is 255 g/mol. The summed E-state index contributed by atoms with van der Waals surface area (Å²) in [5.41, 5.74) is 1.90. The third kappa shape index (κ3) is 2.45. The number of thioether (sulfide) groups is 1. The molecule has 2 unspecified atom stereocenters. The van der Waals surface area contributed by atoms with Gasteiger partial charge in [0.25, 0.3) is 0 Å². The average molecular weight is 255 g/mol. The van der Waals surface area contributed by atoms with E-state index in [9.17, 15) is 5.11 Å². The van der Waals surface area contributed by atoms with Crippen LogP contribution in [0.1, 0.15) is 25.1 Å². The molecule has 0 aliphatic carbocycles. The van der Waals surface area contributed by atoms with E-state index in [1.54, 1.807) is 0 Å². The molecule has 0 amide bonds. The predicted molar refractivity (Wildman–Crippen MR) is 72.6 cm³/mol. The summed E-state index contributed by atoms with van der Waals surface area (Å²) in [5.74, 6) is 1.09. The number of aromatic nitrogens is 2. The van der Waals surface area contributed by atoms with Crippen LogP contribution in [0, 0.1) is 6.92 Å². The van der Waals surface area contributed by atoms with Crippen LogP contribution in [-0.4, -0.2) is 38.5 Å². The number of anilines is 1. The van der Waals surface area contributed by atoms with Crippen LogP contribution in [0.2, 0.25) is 0 Å². The first-order valence-corrected chi connectivity index (χ1v) is 7.01. The largest absolute Gasteiger partial charge is 0.391 e. The number of aliphatic hydroxyl groups excluding tert-OH is 1. The lowest BCUT2D eigenvalue weighted by molar-refractivity contribution is 0.281. The van der Waals surface area contributed by atoms with Crippen LogP contribution in [0.5, 0.6) is 0 Å². The lowest BCUT2D eigenvalue weighted by atomic mass is 10.2. The van der Waals surface area contributed by atoms with Crippen molar-refractivity contribution in [1.29, 1.82) is 0 Å². The Balaban J connectivity index is 2.32. The number of nitrogens with zero attached hydrogens (tertiary/aromatic N) is 3. The van der Waals surface area contributed by atoms with E-state index in [0.717, 1.165) is 30.2 Å². The maximum Gasteiger partial charge on any atom is 0.132 e. The standard InChI is InChI=1S/C12H21N3OS/c1-8-5-15(6-9(2)17-8)12-11(7-16)10(3)13-14(12)4/h8-9,16H,5-7H2,1-4H3. The Morgan fingerprint density at radius 3 is 2.47 bits per heavy atom. The average Bonchev–Trinajstić information content (AvgIpc) is 2.51. The Labute approximate surface area is 107 Å². The second-order valence-electron chi connectivity index (χ2n) is 4.83. The summed E-state index contributed by atoms with van der Waals surface area (Å²) < 4.78 is 1.90. The Kier molecular flexibility index (Phi) is 3.68. The fourth-order valence-electron chi connectivity index (χ4n) is 2.62. The highest BCUT2D eigenvalue weighted by molar-refractivity contribution is 8.00. The van der Waals surface area contributed by atoms with Gasteiger partial charge < -0.3 is 10.0 Å². The third-order valence-corrected chi connectivity index (χ3v) is 4.42. The van der Waals surface area contributed by atoms with Gasteiger partial charge in [0.15, 0.2) is 0 Å². The van der Waals surface area contributed by atoms with Gasteiger partial charge in [-0.2, -0.15) is 16.9 Å². The number of aliphatic hydroxyl groups is 1. The van der Waals surface area contributed by atoms with E-state index < -0.39 is 0 Å². The minimum absolute atomic E-state index is 0.0708. The van der Waals surface area contributed by atoms with Gasteiger partial charge in [-0.15, -0.1) is 0 Å². The fraction of sp³-hybridized carbons (Fsp3) is 0.750. The second kappa shape index (κ2) is 4.90. The molecule has 1 aliphatic rings. The molecule has 2 atom stereocenters. The number of hydrogen-bond acceptors (Lipinski definition) is 4. The molecule has 5 heteroatoms. The van der Waals surface area contributed by atoms with Gasteiger partial charge in [0.05, 0.1) is 12.3 Å². The van der Waals surface area contributed by atoms with Crippen molar-refractivity contribution in [3.8, 4) is 0 Å². The molecule has 17 heavy (non-hydrogen) atoms. The second-order valence-corrected chi connectivity index (χ2v) is 6.71. The molecule has 1 N–H and O–H groups in total. The molecule has 0 aromatic carbocycles. The van der Waals surface area contributed by atoms with Gasteiger partial charge in [-0.3, -0.25) is 4.68 Å². The maximum atomic E-state index is 9.49. The van der Waals surface area contributed by atoms with Crippen LogP contribution in [-0.2, 0) is 13.7 Å². The van der Waals surface area contributed by atoms with E-state index in [1.807, 2.05) is 30.4 Å². The molecule has 2 rings (SSSR count). The molecule has 0 saturated carbocycles. The van der Waals surface area contributed by atoms with E-state index in [0.29, 0.717) is 10.5 Å². The van der Waals surface area contributed by atoms with E-state index in [2.05, 4.69) is 23.8 Å². The van der Waals surface area contributed by atoms with Crippen LogP contribution in [0.25, 0.3) is 0 Å². The molecule has 2 heterocycles. The molecule has 1 aromatic rings. The molecule has 4 nitrogen and oxygen atoms in total. The van der Waals surface area contributed by atoms with Gasteiger partial charge in [0.2, 0.25) is 0 Å². The summed E-state index contributed by atoms with van der Waals surface area (Å²) in [6.07, 6.45) is 0. The fourth-order valence-corrected chi connectivity index (χ4v) is 3.95. The first kappa shape index (κ1) is 12.8. The normalized spacial score (nSPS) is 25.4. The molecule has 1 aliphatic heterocycles. The summed E-state index contributed by atoms with van der Waals surface area (Å²) in [7, 11) is 1.96. The smallest absolute Gasteiger partial charge is 0.132 e. The molecular weight excluding hydrogens is 234 g/mol. The van der Waals surface area contributed by atoms with Crippen molar-refractivity contribution >= 4 is 17.6 Å². The van der Waals surface area contributed by atoms with Crippen molar-refractivity contribution in [2.45, 2.75) is 37.9 Å². The molecule has 0 radical (unpaired) electrons. The van der Waals surface area contributed by atoms with Gasteiger partial charge in [0, 0.05) is 36.2 Å². The van der Waals surface area contributed by atoms with Crippen LogP contribution in [0.3, 0.4) is 0 Å². The lowest BCUT2D eigenvalue weighted by Gasteiger charge is -2.36. The van der Waals surface area contributed by atoms with Gasteiger partial charge in [-0.25, -0.2) is 0 Å². The number of aryl methyl sites for hydroxylation is 2. The Morgan fingerprint density at radius 2 is 1.94 bits per heavy atom. The maximum absolute atomic E-state index is 9.49. The zero-order valence-corrected chi connectivity index (χ0v) is 11.8. The number of hydrogen-bond donors (Lipinski definition) is 1.